The van der Waals surface area contributed by atoms with Crippen molar-refractivity contribution in [2.24, 2.45) is 5.73 Å². The van der Waals surface area contributed by atoms with Crippen molar-refractivity contribution in [2.75, 3.05) is 13.1 Å². The van der Waals surface area contributed by atoms with Crippen LogP contribution in [0.4, 0.5) is 8.78 Å². The number of carbonyl (C=O) groups excluding carboxylic acids is 1. The minimum atomic E-state index is -0.865. The number of nitrogens with zero attached hydrogens (tertiary/aromatic N) is 1. The van der Waals surface area contributed by atoms with Crippen molar-refractivity contribution < 1.29 is 13.6 Å². The maximum atomic E-state index is 13.7. The topological polar surface area (TPSA) is 46.3 Å². The molecule has 6 heteroatoms. The fourth-order valence-corrected chi connectivity index (χ4v) is 2.18. The van der Waals surface area contributed by atoms with Gasteiger partial charge in [-0.05, 0) is 34.5 Å². The van der Waals surface area contributed by atoms with Gasteiger partial charge in [0.05, 0.1) is 4.47 Å². The number of benzene rings is 1. The van der Waals surface area contributed by atoms with E-state index >= 15 is 0 Å². The highest BCUT2D eigenvalue weighted by atomic mass is 79.9. The van der Waals surface area contributed by atoms with Crippen LogP contribution in [0, 0.1) is 11.6 Å². The van der Waals surface area contributed by atoms with E-state index in [4.69, 9.17) is 5.73 Å². The maximum absolute atomic E-state index is 13.7. The van der Waals surface area contributed by atoms with E-state index in [-0.39, 0.29) is 10.5 Å². The standard InChI is InChI=1S/C11H11BrF2N2O/c12-7-1-2-8(13)9(10(7)14)11(17)16-4-3-6(15)5-16/h1-2,6H,3-5,15H2/t6-/m1/s1. The average molecular weight is 305 g/mol. The van der Waals surface area contributed by atoms with Crippen molar-refractivity contribution in [1.82, 2.24) is 4.90 Å². The Hall–Kier alpha value is -1.01. The first-order valence-corrected chi connectivity index (χ1v) is 5.98. The number of carbonyl (C=O) groups is 1. The van der Waals surface area contributed by atoms with Gasteiger partial charge in [0.25, 0.3) is 5.91 Å². The molecule has 0 radical (unpaired) electrons. The lowest BCUT2D eigenvalue weighted by molar-refractivity contribution is 0.0781. The molecule has 1 fully saturated rings. The van der Waals surface area contributed by atoms with Crippen molar-refractivity contribution >= 4 is 21.8 Å². The van der Waals surface area contributed by atoms with Crippen LogP contribution >= 0.6 is 15.9 Å². The van der Waals surface area contributed by atoms with E-state index in [1.54, 1.807) is 0 Å². The fourth-order valence-electron chi connectivity index (χ4n) is 1.85. The monoisotopic (exact) mass is 304 g/mol. The second kappa shape index (κ2) is 4.70. The second-order valence-electron chi connectivity index (χ2n) is 4.02. The lowest BCUT2D eigenvalue weighted by Crippen LogP contribution is -2.33. The van der Waals surface area contributed by atoms with Gasteiger partial charge in [0.15, 0.2) is 5.82 Å². The Kier molecular flexibility index (Phi) is 3.44. The molecule has 0 aromatic heterocycles. The first-order valence-electron chi connectivity index (χ1n) is 5.19. The summed E-state index contributed by atoms with van der Waals surface area (Å²) in [6.45, 7) is 0.773. The minimum Gasteiger partial charge on any atom is -0.337 e. The molecule has 0 saturated carbocycles. The number of amides is 1. The van der Waals surface area contributed by atoms with Gasteiger partial charge in [-0.3, -0.25) is 4.79 Å². The molecule has 3 nitrogen and oxygen atoms in total. The van der Waals surface area contributed by atoms with Crippen LogP contribution in [0.2, 0.25) is 0 Å². The Morgan fingerprint density at radius 2 is 2.18 bits per heavy atom. The highest BCUT2D eigenvalue weighted by molar-refractivity contribution is 9.10. The van der Waals surface area contributed by atoms with Gasteiger partial charge in [0.2, 0.25) is 0 Å². The van der Waals surface area contributed by atoms with Crippen molar-refractivity contribution in [3.05, 3.63) is 33.8 Å². The van der Waals surface area contributed by atoms with Crippen LogP contribution < -0.4 is 5.73 Å². The molecule has 92 valence electrons. The molecule has 1 saturated heterocycles. The highest BCUT2D eigenvalue weighted by Crippen LogP contribution is 2.24. The number of likely N-dealkylation sites (tertiary alicyclic amines) is 1. The summed E-state index contributed by atoms with van der Waals surface area (Å²) in [5.74, 6) is -2.36. The summed E-state index contributed by atoms with van der Waals surface area (Å²) in [4.78, 5) is 13.3. The van der Waals surface area contributed by atoms with E-state index in [1.165, 1.54) is 11.0 Å². The van der Waals surface area contributed by atoms with Crippen LogP contribution in [-0.2, 0) is 0 Å². The van der Waals surface area contributed by atoms with Crippen LogP contribution in [0.1, 0.15) is 16.8 Å². The number of rotatable bonds is 1. The van der Waals surface area contributed by atoms with Crippen LogP contribution in [0.15, 0.2) is 16.6 Å². The lowest BCUT2D eigenvalue weighted by Gasteiger charge is -2.16. The molecule has 1 aliphatic heterocycles. The molecule has 1 heterocycles. The molecule has 2 rings (SSSR count). The summed E-state index contributed by atoms with van der Waals surface area (Å²) in [5, 5.41) is 0. The minimum absolute atomic E-state index is 0.0748. The smallest absolute Gasteiger partial charge is 0.259 e. The molecule has 1 amide bonds. The summed E-state index contributed by atoms with van der Waals surface area (Å²) < 4.78 is 27.3. The third kappa shape index (κ3) is 2.32. The normalized spacial score (nSPS) is 19.8. The zero-order valence-electron chi connectivity index (χ0n) is 8.92. The lowest BCUT2D eigenvalue weighted by atomic mass is 10.1. The van der Waals surface area contributed by atoms with Gasteiger partial charge in [-0.15, -0.1) is 0 Å². The molecule has 1 aromatic rings. The summed E-state index contributed by atoms with van der Waals surface area (Å²) in [5.41, 5.74) is 5.14. The molecular weight excluding hydrogens is 294 g/mol. The summed E-state index contributed by atoms with van der Waals surface area (Å²) in [7, 11) is 0. The number of hydrogen-bond donors (Lipinski definition) is 1. The van der Waals surface area contributed by atoms with Crippen molar-refractivity contribution in [1.29, 1.82) is 0 Å². The van der Waals surface area contributed by atoms with Gasteiger partial charge in [-0.2, -0.15) is 0 Å². The van der Waals surface area contributed by atoms with Crippen molar-refractivity contribution in [3.8, 4) is 0 Å². The fraction of sp³-hybridized carbons (Fsp3) is 0.364. The molecule has 0 aliphatic carbocycles. The van der Waals surface area contributed by atoms with Gasteiger partial charge in [-0.1, -0.05) is 0 Å². The molecule has 0 bridgehead atoms. The number of halogens is 3. The predicted octanol–water partition coefficient (Wildman–Crippen LogP) is 1.90. The van der Waals surface area contributed by atoms with Crippen LogP contribution in [0.5, 0.6) is 0 Å². The third-order valence-corrected chi connectivity index (χ3v) is 3.38. The summed E-state index contributed by atoms with van der Waals surface area (Å²) >= 11 is 2.93. The molecule has 1 aliphatic rings. The zero-order valence-corrected chi connectivity index (χ0v) is 10.5. The van der Waals surface area contributed by atoms with Gasteiger partial charge < -0.3 is 10.6 Å². The molecule has 17 heavy (non-hydrogen) atoms. The third-order valence-electron chi connectivity index (χ3n) is 2.77. The van der Waals surface area contributed by atoms with Crippen molar-refractivity contribution in [3.63, 3.8) is 0 Å². The highest BCUT2D eigenvalue weighted by Gasteiger charge is 2.29. The van der Waals surface area contributed by atoms with E-state index < -0.39 is 23.1 Å². The van der Waals surface area contributed by atoms with E-state index in [9.17, 15) is 13.6 Å². The van der Waals surface area contributed by atoms with E-state index in [0.717, 1.165) is 6.07 Å². The van der Waals surface area contributed by atoms with E-state index in [0.29, 0.717) is 19.5 Å². The number of nitrogens with two attached hydrogens (primary N) is 1. The summed E-state index contributed by atoms with van der Waals surface area (Å²) in [6.07, 6.45) is 0.656. The van der Waals surface area contributed by atoms with Crippen LogP contribution in [-0.4, -0.2) is 29.9 Å². The molecule has 1 aromatic carbocycles. The Morgan fingerprint density at radius 1 is 1.47 bits per heavy atom. The Bertz CT molecular complexity index is 467. The molecule has 0 unspecified atom stereocenters. The van der Waals surface area contributed by atoms with Gasteiger partial charge in [0, 0.05) is 19.1 Å². The van der Waals surface area contributed by atoms with Gasteiger partial charge >= 0.3 is 0 Å². The quantitative estimate of drug-likeness (QED) is 0.806. The van der Waals surface area contributed by atoms with Gasteiger partial charge in [-0.25, -0.2) is 8.78 Å². The SMILES string of the molecule is N[C@@H]1CCN(C(=O)c2c(F)ccc(Br)c2F)C1. The molecular formula is C11H11BrF2N2O. The first-order chi connectivity index (χ1) is 8.00. The van der Waals surface area contributed by atoms with Crippen LogP contribution in [0.25, 0.3) is 0 Å². The molecule has 0 spiro atoms. The van der Waals surface area contributed by atoms with E-state index in [2.05, 4.69) is 15.9 Å². The molecule has 2 N–H and O–H groups in total. The predicted molar refractivity (Wildman–Crippen MR) is 62.6 cm³/mol. The maximum Gasteiger partial charge on any atom is 0.259 e. The first kappa shape index (κ1) is 12.4. The largest absolute Gasteiger partial charge is 0.337 e. The average Bonchev–Trinajstić information content (AvgIpc) is 2.71. The van der Waals surface area contributed by atoms with Gasteiger partial charge in [0.1, 0.15) is 11.4 Å². The zero-order chi connectivity index (χ0) is 12.6. The Balaban J connectivity index is 2.34. The summed E-state index contributed by atoms with van der Waals surface area (Å²) in [6, 6.07) is 2.19. The number of hydrogen-bond acceptors (Lipinski definition) is 2. The van der Waals surface area contributed by atoms with Crippen molar-refractivity contribution in [2.45, 2.75) is 12.5 Å². The Morgan fingerprint density at radius 3 is 2.76 bits per heavy atom. The van der Waals surface area contributed by atoms with E-state index in [1.807, 2.05) is 0 Å². The van der Waals surface area contributed by atoms with Crippen LogP contribution in [0.3, 0.4) is 0 Å². The Labute approximate surface area is 106 Å². The molecule has 1 atom stereocenters. The second-order valence-corrected chi connectivity index (χ2v) is 4.87.